The van der Waals surface area contributed by atoms with Crippen molar-refractivity contribution in [1.82, 2.24) is 11.1 Å². The molecule has 0 aromatic rings. The maximum Gasteiger partial charge on any atom is 0.133 e. The van der Waals surface area contributed by atoms with E-state index in [2.05, 4.69) is 17.5 Å². The molecule has 5 heteroatoms. The third-order valence-corrected chi connectivity index (χ3v) is 1.92. The van der Waals surface area contributed by atoms with Gasteiger partial charge in [0.15, 0.2) is 0 Å². The van der Waals surface area contributed by atoms with Crippen LogP contribution in [0.15, 0.2) is 0 Å². The predicted molar refractivity (Wildman–Crippen MR) is 47.4 cm³/mol. The van der Waals surface area contributed by atoms with Crippen LogP contribution in [-0.2, 0) is 20.4 Å². The Bertz CT molecular complexity index is 104. The summed E-state index contributed by atoms with van der Waals surface area (Å²) in [4.78, 5) is 2.12. The van der Waals surface area contributed by atoms with Gasteiger partial charge in [-0.1, -0.05) is 12.2 Å². The molecule has 1 fully saturated rings. The Morgan fingerprint density at radius 2 is 1.70 bits per heavy atom. The van der Waals surface area contributed by atoms with Crippen molar-refractivity contribution in [2.75, 3.05) is 13.1 Å². The molecule has 3 N–H and O–H groups in total. The fraction of sp³-hybridized carbons (Fsp3) is 0.800. The van der Waals surface area contributed by atoms with Gasteiger partial charge in [0, 0.05) is 33.5 Å². The summed E-state index contributed by atoms with van der Waals surface area (Å²) in [5.41, 5.74) is 0. The summed E-state index contributed by atoms with van der Waals surface area (Å²) < 4.78 is 0.752. The van der Waals surface area contributed by atoms with Crippen molar-refractivity contribution in [2.24, 2.45) is 0 Å². The Kier molecular flexibility index (Phi) is 8.83. The number of hydrogen-bond donors (Lipinski definition) is 2. The van der Waals surface area contributed by atoms with Crippen LogP contribution in [0, 0.1) is 0 Å². The number of rotatable bonds is 0. The molecule has 0 aromatic heterocycles. The number of nitrogens with zero attached hydrogens (tertiary/aromatic N) is 1. The minimum absolute atomic E-state index is 0. The van der Waals surface area contributed by atoms with Gasteiger partial charge in [-0.25, -0.2) is 0 Å². The summed E-state index contributed by atoms with van der Waals surface area (Å²) in [6.07, 6.45) is 2.56. The van der Waals surface area contributed by atoms with E-state index in [-0.39, 0.29) is 26.6 Å². The normalized spacial score (nSPS) is 15.5. The molecular weight excluding hydrogens is 259 g/mol. The van der Waals surface area contributed by atoms with Gasteiger partial charge in [-0.3, -0.25) is 0 Å². The molecule has 1 rings (SSSR count). The van der Waals surface area contributed by atoms with Crippen LogP contribution in [0.5, 0.6) is 0 Å². The average Bonchev–Trinajstić information content (AvgIpc) is 2.12. The minimum Gasteiger partial charge on any atom is -0.358 e. The molecule has 0 radical (unpaired) electrons. The zero-order chi connectivity index (χ0) is 5.98. The molecule has 0 unspecified atom stereocenters. The summed E-state index contributed by atoms with van der Waals surface area (Å²) in [7, 11) is 0. The van der Waals surface area contributed by atoms with Gasteiger partial charge >= 0.3 is 0 Å². The van der Waals surface area contributed by atoms with Crippen molar-refractivity contribution in [3.8, 4) is 0 Å². The SMILES string of the molecule is N.S=C(S)N1CCCC1.[Pd]. The summed E-state index contributed by atoms with van der Waals surface area (Å²) in [5.74, 6) is 0. The van der Waals surface area contributed by atoms with Crippen molar-refractivity contribution in [3.05, 3.63) is 0 Å². The van der Waals surface area contributed by atoms with Crippen LogP contribution in [0.3, 0.4) is 0 Å². The number of likely N-dealkylation sites (tertiary alicyclic amines) is 1. The van der Waals surface area contributed by atoms with Gasteiger partial charge in [0.05, 0.1) is 0 Å². The topological polar surface area (TPSA) is 38.2 Å². The van der Waals surface area contributed by atoms with Gasteiger partial charge in [-0.05, 0) is 12.8 Å². The molecular formula is C5H12N2PdS2. The molecule has 0 saturated carbocycles. The molecule has 10 heavy (non-hydrogen) atoms. The Morgan fingerprint density at radius 1 is 1.30 bits per heavy atom. The van der Waals surface area contributed by atoms with Crippen LogP contribution in [0.4, 0.5) is 0 Å². The van der Waals surface area contributed by atoms with Crippen molar-refractivity contribution in [2.45, 2.75) is 12.8 Å². The third-order valence-electron chi connectivity index (χ3n) is 1.38. The van der Waals surface area contributed by atoms with E-state index >= 15 is 0 Å². The van der Waals surface area contributed by atoms with Crippen molar-refractivity contribution >= 4 is 29.2 Å². The van der Waals surface area contributed by atoms with Gasteiger partial charge in [-0.15, -0.1) is 12.6 Å². The van der Waals surface area contributed by atoms with Crippen LogP contribution in [0.25, 0.3) is 0 Å². The first-order chi connectivity index (χ1) is 3.80. The van der Waals surface area contributed by atoms with E-state index in [4.69, 9.17) is 12.2 Å². The first kappa shape index (κ1) is 13.5. The Hall–Kier alpha value is 0.862. The summed E-state index contributed by atoms with van der Waals surface area (Å²) >= 11 is 8.90. The summed E-state index contributed by atoms with van der Waals surface area (Å²) in [6.45, 7) is 2.23. The first-order valence-corrected chi connectivity index (χ1v) is 3.64. The molecule has 0 atom stereocenters. The van der Waals surface area contributed by atoms with Gasteiger partial charge in [0.1, 0.15) is 4.32 Å². The monoisotopic (exact) mass is 270 g/mol. The predicted octanol–water partition coefficient (Wildman–Crippen LogP) is 1.46. The fourth-order valence-corrected chi connectivity index (χ4v) is 1.29. The Labute approximate surface area is 86.4 Å². The van der Waals surface area contributed by atoms with Crippen LogP contribution in [0.2, 0.25) is 0 Å². The molecule has 1 aliphatic rings. The quantitative estimate of drug-likeness (QED) is 0.398. The van der Waals surface area contributed by atoms with Gasteiger partial charge in [-0.2, -0.15) is 0 Å². The molecule has 1 heterocycles. The number of thiol groups is 1. The maximum absolute atomic E-state index is 4.85. The fourth-order valence-electron chi connectivity index (χ4n) is 0.908. The van der Waals surface area contributed by atoms with Crippen molar-refractivity contribution in [3.63, 3.8) is 0 Å². The number of hydrogen-bond acceptors (Lipinski definition) is 2. The zero-order valence-corrected chi connectivity index (χ0v) is 8.92. The van der Waals surface area contributed by atoms with E-state index in [9.17, 15) is 0 Å². The second-order valence-electron chi connectivity index (χ2n) is 1.98. The van der Waals surface area contributed by atoms with E-state index in [1.165, 1.54) is 12.8 Å². The molecule has 0 aliphatic carbocycles. The summed E-state index contributed by atoms with van der Waals surface area (Å²) in [6, 6.07) is 0. The summed E-state index contributed by atoms with van der Waals surface area (Å²) in [5, 5.41) is 0. The molecule has 64 valence electrons. The van der Waals surface area contributed by atoms with Crippen molar-refractivity contribution < 1.29 is 20.4 Å². The van der Waals surface area contributed by atoms with E-state index in [0.717, 1.165) is 17.4 Å². The minimum atomic E-state index is 0. The Morgan fingerprint density at radius 3 is 1.90 bits per heavy atom. The van der Waals surface area contributed by atoms with Crippen LogP contribution >= 0.6 is 24.8 Å². The van der Waals surface area contributed by atoms with E-state index in [1.807, 2.05) is 0 Å². The van der Waals surface area contributed by atoms with Crippen LogP contribution in [-0.4, -0.2) is 22.3 Å². The smallest absolute Gasteiger partial charge is 0.133 e. The van der Waals surface area contributed by atoms with Crippen LogP contribution < -0.4 is 6.15 Å². The Balaban J connectivity index is 0. The second-order valence-corrected chi connectivity index (χ2v) is 3.09. The first-order valence-electron chi connectivity index (χ1n) is 2.78. The third kappa shape index (κ3) is 3.89. The molecule has 0 spiro atoms. The van der Waals surface area contributed by atoms with Gasteiger partial charge < -0.3 is 11.1 Å². The molecule has 0 aromatic carbocycles. The second kappa shape index (κ2) is 6.56. The molecule has 0 amide bonds. The maximum atomic E-state index is 4.85. The van der Waals surface area contributed by atoms with E-state index in [0.29, 0.717) is 0 Å². The number of thiocarbonyl (C=S) groups is 1. The van der Waals surface area contributed by atoms with E-state index in [1.54, 1.807) is 0 Å². The zero-order valence-electron chi connectivity index (χ0n) is 5.65. The standard InChI is InChI=1S/C5H9NS2.H3N.Pd/c7-5(8)6-3-1-2-4-6;;/h1-4H2,(H,7,8);1H3;. The van der Waals surface area contributed by atoms with Crippen LogP contribution in [0.1, 0.15) is 12.8 Å². The largest absolute Gasteiger partial charge is 0.358 e. The average molecular weight is 271 g/mol. The molecule has 1 aliphatic heterocycles. The molecule has 1 saturated heterocycles. The molecule has 2 nitrogen and oxygen atoms in total. The van der Waals surface area contributed by atoms with Gasteiger partial charge in [0.25, 0.3) is 0 Å². The van der Waals surface area contributed by atoms with Crippen molar-refractivity contribution in [1.29, 1.82) is 0 Å². The van der Waals surface area contributed by atoms with Gasteiger partial charge in [0.2, 0.25) is 0 Å². The molecule has 0 bridgehead atoms. The van der Waals surface area contributed by atoms with E-state index < -0.39 is 0 Å².